The van der Waals surface area contributed by atoms with Crippen molar-refractivity contribution in [1.29, 1.82) is 0 Å². The second-order valence-electron chi connectivity index (χ2n) is 7.01. The minimum atomic E-state index is 0.225. The summed E-state index contributed by atoms with van der Waals surface area (Å²) in [5.41, 5.74) is 5.97. The van der Waals surface area contributed by atoms with Gasteiger partial charge in [-0.1, -0.05) is 51.1 Å². The Kier molecular flexibility index (Phi) is 5.08. The SMILES string of the molecule is CCC(C)(C)c1ccc(Nc2ccc(Nc3ccccc3)cc2)cc1. The highest BCUT2D eigenvalue weighted by Gasteiger charge is 2.17. The molecule has 0 atom stereocenters. The van der Waals surface area contributed by atoms with Crippen molar-refractivity contribution < 1.29 is 0 Å². The number of hydrogen-bond donors (Lipinski definition) is 2. The van der Waals surface area contributed by atoms with Crippen LogP contribution in [-0.2, 0) is 5.41 Å². The molecule has 128 valence electrons. The first-order chi connectivity index (χ1) is 12.1. The third-order valence-electron chi connectivity index (χ3n) is 4.79. The van der Waals surface area contributed by atoms with Crippen molar-refractivity contribution in [3.8, 4) is 0 Å². The van der Waals surface area contributed by atoms with E-state index in [0.717, 1.165) is 29.2 Å². The summed E-state index contributed by atoms with van der Waals surface area (Å²) < 4.78 is 0. The van der Waals surface area contributed by atoms with Crippen LogP contribution < -0.4 is 10.6 Å². The largest absolute Gasteiger partial charge is 0.356 e. The highest BCUT2D eigenvalue weighted by Crippen LogP contribution is 2.28. The van der Waals surface area contributed by atoms with Gasteiger partial charge in [-0.3, -0.25) is 0 Å². The first-order valence-electron chi connectivity index (χ1n) is 8.86. The van der Waals surface area contributed by atoms with E-state index in [-0.39, 0.29) is 5.41 Å². The van der Waals surface area contributed by atoms with Crippen LogP contribution in [-0.4, -0.2) is 0 Å². The van der Waals surface area contributed by atoms with Crippen molar-refractivity contribution in [3.63, 3.8) is 0 Å². The Morgan fingerprint density at radius 3 is 1.44 bits per heavy atom. The van der Waals surface area contributed by atoms with Gasteiger partial charge >= 0.3 is 0 Å². The van der Waals surface area contributed by atoms with Crippen molar-refractivity contribution in [2.75, 3.05) is 10.6 Å². The fourth-order valence-electron chi connectivity index (χ4n) is 2.70. The smallest absolute Gasteiger partial charge is 0.0385 e. The van der Waals surface area contributed by atoms with Crippen molar-refractivity contribution in [1.82, 2.24) is 0 Å². The van der Waals surface area contributed by atoms with Crippen LogP contribution in [0.4, 0.5) is 22.7 Å². The minimum absolute atomic E-state index is 0.225. The fraction of sp³-hybridized carbons (Fsp3) is 0.217. The molecule has 0 heterocycles. The van der Waals surface area contributed by atoms with Crippen molar-refractivity contribution in [3.05, 3.63) is 84.4 Å². The molecule has 0 bridgehead atoms. The van der Waals surface area contributed by atoms with E-state index < -0.39 is 0 Å². The zero-order chi connectivity index (χ0) is 17.7. The quantitative estimate of drug-likeness (QED) is 0.516. The van der Waals surface area contributed by atoms with Crippen LogP contribution in [0.15, 0.2) is 78.9 Å². The lowest BCUT2D eigenvalue weighted by Gasteiger charge is -2.23. The number of rotatable bonds is 6. The molecule has 3 rings (SSSR count). The van der Waals surface area contributed by atoms with Gasteiger partial charge < -0.3 is 10.6 Å². The molecule has 0 unspecified atom stereocenters. The van der Waals surface area contributed by atoms with Crippen molar-refractivity contribution >= 4 is 22.7 Å². The van der Waals surface area contributed by atoms with Crippen LogP contribution in [0.2, 0.25) is 0 Å². The lowest BCUT2D eigenvalue weighted by atomic mass is 9.82. The molecule has 0 fully saturated rings. The molecule has 25 heavy (non-hydrogen) atoms. The standard InChI is InChI=1S/C23H26N2/c1-4-23(2,3)18-10-12-20(13-11-18)25-22-16-14-21(15-17-22)24-19-8-6-5-7-9-19/h5-17,24-25H,4H2,1-3H3. The Bertz CT molecular complexity index is 788. The van der Waals surface area contributed by atoms with Crippen LogP contribution in [0.25, 0.3) is 0 Å². The summed E-state index contributed by atoms with van der Waals surface area (Å²) in [6, 6.07) is 27.3. The van der Waals surface area contributed by atoms with Crippen molar-refractivity contribution in [2.45, 2.75) is 32.6 Å². The normalized spacial score (nSPS) is 11.2. The third kappa shape index (κ3) is 4.42. The minimum Gasteiger partial charge on any atom is -0.356 e. The van der Waals surface area contributed by atoms with Gasteiger partial charge in [-0.2, -0.15) is 0 Å². The number of hydrogen-bond acceptors (Lipinski definition) is 2. The number of nitrogens with one attached hydrogen (secondary N) is 2. The van der Waals surface area contributed by atoms with Gasteiger partial charge in [0, 0.05) is 22.7 Å². The lowest BCUT2D eigenvalue weighted by molar-refractivity contribution is 0.506. The highest BCUT2D eigenvalue weighted by atomic mass is 14.9. The first-order valence-corrected chi connectivity index (χ1v) is 8.86. The molecule has 0 saturated carbocycles. The topological polar surface area (TPSA) is 24.1 Å². The van der Waals surface area contributed by atoms with E-state index in [1.54, 1.807) is 0 Å². The zero-order valence-electron chi connectivity index (χ0n) is 15.2. The number of benzene rings is 3. The van der Waals surface area contributed by atoms with Gasteiger partial charge in [-0.15, -0.1) is 0 Å². The molecule has 0 spiro atoms. The zero-order valence-corrected chi connectivity index (χ0v) is 15.2. The van der Waals surface area contributed by atoms with Crippen LogP contribution in [0.3, 0.4) is 0 Å². The van der Waals surface area contributed by atoms with E-state index in [2.05, 4.69) is 92.1 Å². The number of anilines is 4. The predicted octanol–water partition coefficient (Wildman–Crippen LogP) is 6.86. The Morgan fingerprint density at radius 1 is 0.600 bits per heavy atom. The van der Waals surface area contributed by atoms with Crippen LogP contribution >= 0.6 is 0 Å². The van der Waals surface area contributed by atoms with E-state index in [1.165, 1.54) is 5.56 Å². The van der Waals surface area contributed by atoms with E-state index in [0.29, 0.717) is 0 Å². The summed E-state index contributed by atoms with van der Waals surface area (Å²) in [6.07, 6.45) is 1.13. The van der Waals surface area contributed by atoms with Gasteiger partial charge in [-0.25, -0.2) is 0 Å². The second-order valence-corrected chi connectivity index (χ2v) is 7.01. The van der Waals surface area contributed by atoms with Crippen molar-refractivity contribution in [2.24, 2.45) is 0 Å². The molecule has 0 aromatic heterocycles. The van der Waals surface area contributed by atoms with Crippen LogP contribution in [0.1, 0.15) is 32.8 Å². The van der Waals surface area contributed by atoms with Gasteiger partial charge in [-0.05, 0) is 65.9 Å². The lowest BCUT2D eigenvalue weighted by Crippen LogP contribution is -2.15. The predicted molar refractivity (Wildman–Crippen MR) is 109 cm³/mol. The summed E-state index contributed by atoms with van der Waals surface area (Å²) in [5.74, 6) is 0. The summed E-state index contributed by atoms with van der Waals surface area (Å²) >= 11 is 0. The van der Waals surface area contributed by atoms with E-state index >= 15 is 0 Å². The van der Waals surface area contributed by atoms with Crippen LogP contribution in [0, 0.1) is 0 Å². The average Bonchev–Trinajstić information content (AvgIpc) is 2.65. The third-order valence-corrected chi connectivity index (χ3v) is 4.79. The second kappa shape index (κ2) is 7.43. The van der Waals surface area contributed by atoms with Gasteiger partial charge in [0.15, 0.2) is 0 Å². The summed E-state index contributed by atoms with van der Waals surface area (Å²) in [5, 5.41) is 6.86. The Balaban J connectivity index is 1.65. The molecule has 3 aromatic rings. The maximum absolute atomic E-state index is 3.46. The molecular formula is C23H26N2. The molecule has 3 aromatic carbocycles. The average molecular weight is 330 g/mol. The molecule has 0 radical (unpaired) electrons. The summed E-state index contributed by atoms with van der Waals surface area (Å²) in [4.78, 5) is 0. The van der Waals surface area contributed by atoms with Gasteiger partial charge in [0.05, 0.1) is 0 Å². The highest BCUT2D eigenvalue weighted by molar-refractivity contribution is 5.66. The van der Waals surface area contributed by atoms with Gasteiger partial charge in [0.2, 0.25) is 0 Å². The van der Waals surface area contributed by atoms with Crippen LogP contribution in [0.5, 0.6) is 0 Å². The molecule has 0 aliphatic carbocycles. The van der Waals surface area contributed by atoms with Gasteiger partial charge in [0.1, 0.15) is 0 Å². The monoisotopic (exact) mass is 330 g/mol. The molecular weight excluding hydrogens is 304 g/mol. The molecule has 0 aliphatic rings. The molecule has 0 aliphatic heterocycles. The van der Waals surface area contributed by atoms with E-state index in [1.807, 2.05) is 18.2 Å². The molecule has 0 saturated heterocycles. The fourth-order valence-corrected chi connectivity index (χ4v) is 2.70. The molecule has 2 nitrogen and oxygen atoms in total. The van der Waals surface area contributed by atoms with E-state index in [4.69, 9.17) is 0 Å². The maximum atomic E-state index is 3.46. The summed E-state index contributed by atoms with van der Waals surface area (Å²) in [7, 11) is 0. The Labute approximate surface area is 150 Å². The molecule has 2 N–H and O–H groups in total. The first kappa shape index (κ1) is 17.1. The Morgan fingerprint density at radius 2 is 1.00 bits per heavy atom. The maximum Gasteiger partial charge on any atom is 0.0385 e. The number of para-hydroxylation sites is 1. The summed E-state index contributed by atoms with van der Waals surface area (Å²) in [6.45, 7) is 6.80. The van der Waals surface area contributed by atoms with Gasteiger partial charge in [0.25, 0.3) is 0 Å². The Hall–Kier alpha value is -2.74. The molecule has 2 heteroatoms. The van der Waals surface area contributed by atoms with E-state index in [9.17, 15) is 0 Å². The molecule has 0 amide bonds.